The molecule has 0 spiro atoms. The molecule has 0 aliphatic carbocycles. The van der Waals surface area contributed by atoms with Crippen LogP contribution in [0, 0.1) is 6.92 Å². The first-order valence-electron chi connectivity index (χ1n) is 5.65. The third kappa shape index (κ3) is 2.54. The summed E-state index contributed by atoms with van der Waals surface area (Å²) in [5.74, 6) is 0. The fraction of sp³-hybridized carbons (Fsp3) is 0.200. The quantitative estimate of drug-likeness (QED) is 0.847. The van der Waals surface area contributed by atoms with E-state index in [1.54, 1.807) is 0 Å². The molecule has 0 atom stereocenters. The topological polar surface area (TPSA) is 40.5 Å². The molecule has 0 aliphatic heterocycles. The van der Waals surface area contributed by atoms with Crippen molar-refractivity contribution in [1.29, 1.82) is 0 Å². The minimum absolute atomic E-state index is 0.00722. The summed E-state index contributed by atoms with van der Waals surface area (Å²) in [6.45, 7) is 2.04. The van der Waals surface area contributed by atoms with Crippen molar-refractivity contribution in [2.45, 2.75) is 20.1 Å². The molecule has 2 rings (SSSR count). The standard InChI is InChI=1S/C15H16O2/c1-11-4-2-3-5-15(11)14-7-12(9-16)6-13(8-14)10-17/h2-8,16-17H,9-10H2,1H3. The summed E-state index contributed by atoms with van der Waals surface area (Å²) in [7, 11) is 0. The van der Waals surface area contributed by atoms with Gasteiger partial charge < -0.3 is 10.2 Å². The highest BCUT2D eigenvalue weighted by Crippen LogP contribution is 2.25. The molecule has 0 saturated carbocycles. The van der Waals surface area contributed by atoms with Gasteiger partial charge in [-0.1, -0.05) is 30.3 Å². The number of aryl methyl sites for hydroxylation is 1. The third-order valence-electron chi connectivity index (χ3n) is 2.87. The lowest BCUT2D eigenvalue weighted by atomic mass is 9.97. The van der Waals surface area contributed by atoms with Crippen LogP contribution in [0.3, 0.4) is 0 Å². The summed E-state index contributed by atoms with van der Waals surface area (Å²) in [6, 6.07) is 13.8. The average Bonchev–Trinajstić information content (AvgIpc) is 2.38. The minimum atomic E-state index is -0.00722. The normalized spacial score (nSPS) is 10.5. The molecule has 0 bridgehead atoms. The maximum absolute atomic E-state index is 9.22. The molecular weight excluding hydrogens is 212 g/mol. The Morgan fingerprint density at radius 1 is 0.882 bits per heavy atom. The van der Waals surface area contributed by atoms with Crippen LogP contribution in [0.2, 0.25) is 0 Å². The van der Waals surface area contributed by atoms with Gasteiger partial charge in [-0.2, -0.15) is 0 Å². The van der Waals surface area contributed by atoms with Crippen LogP contribution in [0.4, 0.5) is 0 Å². The molecule has 0 aromatic heterocycles. The van der Waals surface area contributed by atoms with Crippen LogP contribution >= 0.6 is 0 Å². The molecule has 0 fully saturated rings. The van der Waals surface area contributed by atoms with Crippen LogP contribution in [-0.4, -0.2) is 10.2 Å². The molecule has 2 N–H and O–H groups in total. The molecule has 0 radical (unpaired) electrons. The first kappa shape index (κ1) is 11.8. The van der Waals surface area contributed by atoms with E-state index in [1.807, 2.05) is 36.4 Å². The highest BCUT2D eigenvalue weighted by Gasteiger charge is 2.04. The molecule has 0 saturated heterocycles. The van der Waals surface area contributed by atoms with Crippen molar-refractivity contribution >= 4 is 0 Å². The third-order valence-corrected chi connectivity index (χ3v) is 2.87. The van der Waals surface area contributed by atoms with Crippen LogP contribution in [0.25, 0.3) is 11.1 Å². The molecule has 0 heterocycles. The lowest BCUT2D eigenvalue weighted by molar-refractivity contribution is 0.275. The van der Waals surface area contributed by atoms with E-state index < -0.39 is 0 Å². The molecule has 2 nitrogen and oxygen atoms in total. The van der Waals surface area contributed by atoms with E-state index in [0.717, 1.165) is 22.3 Å². The van der Waals surface area contributed by atoms with Gasteiger partial charge in [-0.25, -0.2) is 0 Å². The summed E-state index contributed by atoms with van der Waals surface area (Å²) in [6.07, 6.45) is 0. The lowest BCUT2D eigenvalue weighted by Crippen LogP contribution is -1.92. The van der Waals surface area contributed by atoms with Gasteiger partial charge in [0, 0.05) is 0 Å². The zero-order chi connectivity index (χ0) is 12.3. The van der Waals surface area contributed by atoms with Crippen molar-refractivity contribution in [3.8, 4) is 11.1 Å². The first-order chi connectivity index (χ1) is 8.24. The van der Waals surface area contributed by atoms with Crippen LogP contribution in [-0.2, 0) is 13.2 Å². The molecule has 17 heavy (non-hydrogen) atoms. The molecular formula is C15H16O2. The molecule has 2 heteroatoms. The van der Waals surface area contributed by atoms with Gasteiger partial charge in [-0.05, 0) is 46.9 Å². The molecule has 0 aliphatic rings. The number of aliphatic hydroxyl groups is 2. The predicted octanol–water partition coefficient (Wildman–Crippen LogP) is 2.65. The molecule has 2 aromatic carbocycles. The van der Waals surface area contributed by atoms with Gasteiger partial charge in [0.1, 0.15) is 0 Å². The Bertz CT molecular complexity index is 496. The number of benzene rings is 2. The second-order valence-electron chi connectivity index (χ2n) is 4.17. The Hall–Kier alpha value is -1.64. The summed E-state index contributed by atoms with van der Waals surface area (Å²) < 4.78 is 0. The average molecular weight is 228 g/mol. The van der Waals surface area contributed by atoms with Crippen LogP contribution < -0.4 is 0 Å². The Labute approximate surface area is 101 Å². The van der Waals surface area contributed by atoms with E-state index in [2.05, 4.69) is 13.0 Å². The Balaban J connectivity index is 2.55. The van der Waals surface area contributed by atoms with Crippen LogP contribution in [0.1, 0.15) is 16.7 Å². The minimum Gasteiger partial charge on any atom is -0.392 e. The lowest BCUT2D eigenvalue weighted by Gasteiger charge is -2.09. The van der Waals surface area contributed by atoms with E-state index in [0.29, 0.717) is 0 Å². The van der Waals surface area contributed by atoms with Crippen LogP contribution in [0.15, 0.2) is 42.5 Å². The fourth-order valence-electron chi connectivity index (χ4n) is 2.00. The first-order valence-corrected chi connectivity index (χ1v) is 5.65. The monoisotopic (exact) mass is 228 g/mol. The maximum Gasteiger partial charge on any atom is 0.0682 e. The Kier molecular flexibility index (Phi) is 3.57. The van der Waals surface area contributed by atoms with Crippen molar-refractivity contribution in [1.82, 2.24) is 0 Å². The zero-order valence-corrected chi connectivity index (χ0v) is 9.85. The Morgan fingerprint density at radius 2 is 1.47 bits per heavy atom. The van der Waals surface area contributed by atoms with Crippen molar-refractivity contribution in [3.63, 3.8) is 0 Å². The van der Waals surface area contributed by atoms with Gasteiger partial charge in [0.05, 0.1) is 13.2 Å². The van der Waals surface area contributed by atoms with Crippen LogP contribution in [0.5, 0.6) is 0 Å². The smallest absolute Gasteiger partial charge is 0.0682 e. The number of rotatable bonds is 3. The molecule has 2 aromatic rings. The van der Waals surface area contributed by atoms with E-state index in [1.165, 1.54) is 5.56 Å². The van der Waals surface area contributed by atoms with E-state index in [4.69, 9.17) is 0 Å². The van der Waals surface area contributed by atoms with Crippen molar-refractivity contribution in [3.05, 3.63) is 59.2 Å². The molecule has 0 unspecified atom stereocenters. The van der Waals surface area contributed by atoms with E-state index in [-0.39, 0.29) is 13.2 Å². The van der Waals surface area contributed by atoms with Crippen molar-refractivity contribution in [2.24, 2.45) is 0 Å². The van der Waals surface area contributed by atoms with E-state index >= 15 is 0 Å². The number of aliphatic hydroxyl groups excluding tert-OH is 2. The van der Waals surface area contributed by atoms with Gasteiger partial charge in [0.25, 0.3) is 0 Å². The van der Waals surface area contributed by atoms with Gasteiger partial charge in [0.2, 0.25) is 0 Å². The van der Waals surface area contributed by atoms with Gasteiger partial charge >= 0.3 is 0 Å². The van der Waals surface area contributed by atoms with Crippen molar-refractivity contribution in [2.75, 3.05) is 0 Å². The van der Waals surface area contributed by atoms with Gasteiger partial charge in [-0.3, -0.25) is 0 Å². The zero-order valence-electron chi connectivity index (χ0n) is 9.85. The summed E-state index contributed by atoms with van der Waals surface area (Å²) in [4.78, 5) is 0. The highest BCUT2D eigenvalue weighted by molar-refractivity contribution is 5.68. The largest absolute Gasteiger partial charge is 0.392 e. The summed E-state index contributed by atoms with van der Waals surface area (Å²) in [5, 5.41) is 18.4. The maximum atomic E-state index is 9.22. The SMILES string of the molecule is Cc1ccccc1-c1cc(CO)cc(CO)c1. The molecule has 88 valence electrons. The summed E-state index contributed by atoms with van der Waals surface area (Å²) in [5.41, 5.74) is 5.02. The van der Waals surface area contributed by atoms with E-state index in [9.17, 15) is 10.2 Å². The second-order valence-corrected chi connectivity index (χ2v) is 4.17. The van der Waals surface area contributed by atoms with Crippen molar-refractivity contribution < 1.29 is 10.2 Å². The Morgan fingerprint density at radius 3 is 2.00 bits per heavy atom. The fourth-order valence-corrected chi connectivity index (χ4v) is 2.00. The van der Waals surface area contributed by atoms with Gasteiger partial charge in [-0.15, -0.1) is 0 Å². The van der Waals surface area contributed by atoms with Gasteiger partial charge in [0.15, 0.2) is 0 Å². The number of hydrogen-bond acceptors (Lipinski definition) is 2. The number of hydrogen-bond donors (Lipinski definition) is 2. The molecule has 0 amide bonds. The summed E-state index contributed by atoms with van der Waals surface area (Å²) >= 11 is 0. The highest BCUT2D eigenvalue weighted by atomic mass is 16.3. The predicted molar refractivity (Wildman–Crippen MR) is 68.5 cm³/mol. The second kappa shape index (κ2) is 5.13.